The van der Waals surface area contributed by atoms with Crippen LogP contribution in [0, 0.1) is 5.92 Å². The van der Waals surface area contributed by atoms with Crippen molar-refractivity contribution < 1.29 is 9.59 Å². The summed E-state index contributed by atoms with van der Waals surface area (Å²) >= 11 is 6.46. The number of carbonyl (C=O) groups is 2. The van der Waals surface area contributed by atoms with Crippen molar-refractivity contribution in [1.29, 1.82) is 0 Å². The zero-order valence-electron chi connectivity index (χ0n) is 21.3. The van der Waals surface area contributed by atoms with Crippen LogP contribution in [-0.2, 0) is 22.7 Å². The number of hydrazine groups is 1. The number of likely N-dealkylation sites (N-methyl/N-ethyl adjacent to an activating group) is 1. The van der Waals surface area contributed by atoms with Crippen LogP contribution in [0.2, 0.25) is 5.02 Å². The minimum absolute atomic E-state index is 0.0746. The molecular formula is C29H35ClN4O2. The fraction of sp³-hybridized carbons (Fsp3) is 0.379. The van der Waals surface area contributed by atoms with Gasteiger partial charge in [0.2, 0.25) is 5.91 Å². The maximum absolute atomic E-state index is 13.5. The Morgan fingerprint density at radius 3 is 2.25 bits per heavy atom. The second-order valence-corrected chi connectivity index (χ2v) is 10.3. The molecule has 1 heterocycles. The molecule has 36 heavy (non-hydrogen) atoms. The molecule has 1 N–H and O–H groups in total. The summed E-state index contributed by atoms with van der Waals surface area (Å²) in [5, 5.41) is 9.21. The van der Waals surface area contributed by atoms with E-state index in [4.69, 9.17) is 11.6 Å². The Balaban J connectivity index is 1.52. The van der Waals surface area contributed by atoms with Gasteiger partial charge in [-0.15, -0.1) is 0 Å². The molecule has 1 aliphatic heterocycles. The van der Waals surface area contributed by atoms with Gasteiger partial charge in [-0.05, 0) is 42.0 Å². The van der Waals surface area contributed by atoms with Crippen LogP contribution in [0.3, 0.4) is 0 Å². The van der Waals surface area contributed by atoms with Gasteiger partial charge in [-0.25, -0.2) is 5.01 Å². The number of anilines is 1. The van der Waals surface area contributed by atoms with Gasteiger partial charge in [-0.1, -0.05) is 74.0 Å². The normalized spacial score (nSPS) is 13.1. The standard InChI is InChI=1S/C29H35ClN4O2/c1-21(2)9-8-16-31-28(35)19-33(27-15-14-26(30)24-12-6-7-13-25(24)27)20-29(36)32(3)34-17-22-10-4-5-11-23(22)18-34/h4-7,10-15,21H,8-9,16-20H2,1-3H3,(H,31,35). The van der Waals surface area contributed by atoms with Crippen molar-refractivity contribution in [3.05, 3.63) is 76.8 Å². The predicted molar refractivity (Wildman–Crippen MR) is 147 cm³/mol. The molecule has 3 aromatic rings. The van der Waals surface area contributed by atoms with Gasteiger partial charge in [0.05, 0.1) is 13.1 Å². The van der Waals surface area contributed by atoms with Crippen molar-refractivity contribution in [2.75, 3.05) is 31.6 Å². The monoisotopic (exact) mass is 506 g/mol. The Morgan fingerprint density at radius 1 is 0.944 bits per heavy atom. The van der Waals surface area contributed by atoms with E-state index in [0.717, 1.165) is 29.3 Å². The third-order valence-corrected chi connectivity index (χ3v) is 7.07. The summed E-state index contributed by atoms with van der Waals surface area (Å²) in [5.74, 6) is 0.431. The lowest BCUT2D eigenvalue weighted by Crippen LogP contribution is -2.48. The molecule has 0 unspecified atom stereocenters. The molecule has 3 aromatic carbocycles. The number of fused-ring (bicyclic) bond motifs is 2. The molecule has 6 nitrogen and oxygen atoms in total. The third-order valence-electron chi connectivity index (χ3n) is 6.74. The van der Waals surface area contributed by atoms with E-state index in [1.165, 1.54) is 11.1 Å². The topological polar surface area (TPSA) is 55.9 Å². The molecule has 7 heteroatoms. The smallest absolute Gasteiger partial charge is 0.256 e. The van der Waals surface area contributed by atoms with E-state index in [1.807, 2.05) is 58.4 Å². The minimum Gasteiger partial charge on any atom is -0.355 e. The van der Waals surface area contributed by atoms with Crippen LogP contribution >= 0.6 is 11.6 Å². The fourth-order valence-corrected chi connectivity index (χ4v) is 4.89. The Labute approximate surface area is 218 Å². The number of nitrogens with zero attached hydrogens (tertiary/aromatic N) is 3. The Morgan fingerprint density at radius 2 is 1.58 bits per heavy atom. The lowest BCUT2D eigenvalue weighted by Gasteiger charge is -2.32. The summed E-state index contributed by atoms with van der Waals surface area (Å²) in [6, 6.07) is 19.8. The van der Waals surface area contributed by atoms with Crippen molar-refractivity contribution >= 4 is 39.9 Å². The molecule has 190 valence electrons. The Bertz CT molecular complexity index is 1200. The van der Waals surface area contributed by atoms with Gasteiger partial charge >= 0.3 is 0 Å². The van der Waals surface area contributed by atoms with E-state index >= 15 is 0 Å². The lowest BCUT2D eigenvalue weighted by atomic mass is 10.1. The molecule has 0 saturated heterocycles. The van der Waals surface area contributed by atoms with E-state index in [9.17, 15) is 9.59 Å². The van der Waals surface area contributed by atoms with E-state index in [2.05, 4.69) is 31.3 Å². The van der Waals surface area contributed by atoms with Gasteiger partial charge in [0.25, 0.3) is 5.91 Å². The van der Waals surface area contributed by atoms with Gasteiger partial charge in [0.1, 0.15) is 0 Å². The highest BCUT2D eigenvalue weighted by molar-refractivity contribution is 6.36. The molecule has 4 rings (SSSR count). The highest BCUT2D eigenvalue weighted by Crippen LogP contribution is 2.32. The highest BCUT2D eigenvalue weighted by Gasteiger charge is 2.27. The van der Waals surface area contributed by atoms with Crippen molar-refractivity contribution in [2.45, 2.75) is 39.8 Å². The van der Waals surface area contributed by atoms with Gasteiger partial charge in [-0.3, -0.25) is 14.6 Å². The number of rotatable bonds is 10. The van der Waals surface area contributed by atoms with Crippen LogP contribution in [-0.4, -0.2) is 48.5 Å². The average Bonchev–Trinajstić information content (AvgIpc) is 3.30. The van der Waals surface area contributed by atoms with Gasteiger partial charge in [0, 0.05) is 48.2 Å². The van der Waals surface area contributed by atoms with Crippen molar-refractivity contribution in [1.82, 2.24) is 15.3 Å². The van der Waals surface area contributed by atoms with Crippen molar-refractivity contribution in [3.8, 4) is 0 Å². The summed E-state index contributed by atoms with van der Waals surface area (Å²) < 4.78 is 0. The minimum atomic E-state index is -0.0955. The average molecular weight is 507 g/mol. The first-order chi connectivity index (χ1) is 17.3. The zero-order valence-corrected chi connectivity index (χ0v) is 22.1. The summed E-state index contributed by atoms with van der Waals surface area (Å²) in [4.78, 5) is 28.2. The van der Waals surface area contributed by atoms with Crippen molar-refractivity contribution in [2.24, 2.45) is 5.92 Å². The van der Waals surface area contributed by atoms with Crippen LogP contribution in [0.1, 0.15) is 37.8 Å². The van der Waals surface area contributed by atoms with Gasteiger partial charge in [0.15, 0.2) is 0 Å². The first-order valence-corrected chi connectivity index (χ1v) is 13.0. The first-order valence-electron chi connectivity index (χ1n) is 12.6. The largest absolute Gasteiger partial charge is 0.355 e. The number of hydrogen-bond donors (Lipinski definition) is 1. The summed E-state index contributed by atoms with van der Waals surface area (Å²) in [6.07, 6.45) is 2.00. The predicted octanol–water partition coefficient (Wildman–Crippen LogP) is 5.24. The van der Waals surface area contributed by atoms with Crippen LogP contribution in [0.25, 0.3) is 10.8 Å². The number of halogens is 1. The molecule has 0 atom stereocenters. The van der Waals surface area contributed by atoms with E-state index in [-0.39, 0.29) is 24.9 Å². The Hall–Kier alpha value is -3.09. The third kappa shape index (κ3) is 6.18. The number of benzene rings is 3. The summed E-state index contributed by atoms with van der Waals surface area (Å²) in [6.45, 7) is 6.54. The molecule has 0 aliphatic carbocycles. The van der Waals surface area contributed by atoms with Crippen LogP contribution in [0.15, 0.2) is 60.7 Å². The van der Waals surface area contributed by atoms with Crippen molar-refractivity contribution in [3.63, 3.8) is 0 Å². The molecule has 0 saturated carbocycles. The van der Waals surface area contributed by atoms with E-state index in [0.29, 0.717) is 30.6 Å². The number of carbonyl (C=O) groups excluding carboxylic acids is 2. The first kappa shape index (κ1) is 26.0. The Kier molecular flexibility index (Phi) is 8.49. The lowest BCUT2D eigenvalue weighted by molar-refractivity contribution is -0.145. The zero-order chi connectivity index (χ0) is 25.7. The van der Waals surface area contributed by atoms with E-state index < -0.39 is 0 Å². The molecular weight excluding hydrogens is 472 g/mol. The second kappa shape index (κ2) is 11.8. The van der Waals surface area contributed by atoms with Gasteiger partial charge < -0.3 is 10.2 Å². The SMILES string of the molecule is CC(C)CCCNC(=O)CN(CC(=O)N(C)N1Cc2ccccc2C1)c1ccc(Cl)c2ccccc12. The molecule has 2 amide bonds. The number of amides is 2. The van der Waals surface area contributed by atoms with Gasteiger partial charge in [-0.2, -0.15) is 0 Å². The maximum Gasteiger partial charge on any atom is 0.256 e. The molecule has 1 aliphatic rings. The summed E-state index contributed by atoms with van der Waals surface area (Å²) in [5.41, 5.74) is 3.29. The molecule has 0 aromatic heterocycles. The maximum atomic E-state index is 13.5. The van der Waals surface area contributed by atoms with E-state index in [1.54, 1.807) is 12.1 Å². The van der Waals surface area contributed by atoms with Crippen LogP contribution in [0.5, 0.6) is 0 Å². The molecule has 0 radical (unpaired) electrons. The molecule has 0 fully saturated rings. The molecule has 0 spiro atoms. The van der Waals surface area contributed by atoms with Crippen LogP contribution < -0.4 is 10.2 Å². The quantitative estimate of drug-likeness (QED) is 0.382. The van der Waals surface area contributed by atoms with Crippen LogP contribution in [0.4, 0.5) is 5.69 Å². The fourth-order valence-electron chi connectivity index (χ4n) is 4.67. The molecule has 0 bridgehead atoms. The highest BCUT2D eigenvalue weighted by atomic mass is 35.5. The number of hydrogen-bond acceptors (Lipinski definition) is 4. The second-order valence-electron chi connectivity index (χ2n) is 9.86. The summed E-state index contributed by atoms with van der Waals surface area (Å²) in [7, 11) is 1.80. The number of nitrogens with one attached hydrogen (secondary N) is 1.